The number of aromatic nitrogens is 1. The lowest BCUT2D eigenvalue weighted by Gasteiger charge is -2.11. The molecule has 0 saturated heterocycles. The van der Waals surface area contributed by atoms with Gasteiger partial charge in [0.2, 0.25) is 0 Å². The van der Waals surface area contributed by atoms with Crippen molar-refractivity contribution in [2.45, 2.75) is 27.3 Å². The van der Waals surface area contributed by atoms with Gasteiger partial charge in [0.05, 0.1) is 17.4 Å². The summed E-state index contributed by atoms with van der Waals surface area (Å²) in [5.74, 6) is -0.136. The highest BCUT2D eigenvalue weighted by Crippen LogP contribution is 2.21. The van der Waals surface area contributed by atoms with E-state index in [0.29, 0.717) is 12.1 Å². The molecule has 0 aliphatic heterocycles. The third kappa shape index (κ3) is 4.48. The number of carbonyl (C=O) groups is 1. The number of nitrogens with one attached hydrogen (secondary N) is 2. The molecule has 1 heterocycles. The first-order chi connectivity index (χ1) is 12.5. The summed E-state index contributed by atoms with van der Waals surface area (Å²) in [4.78, 5) is 16.6. The maximum Gasteiger partial charge on any atom is 0.253 e. The molecule has 26 heavy (non-hydrogen) atoms. The zero-order valence-corrected chi connectivity index (χ0v) is 15.3. The van der Waals surface area contributed by atoms with E-state index in [2.05, 4.69) is 47.7 Å². The number of hydrogen-bond acceptors (Lipinski definition) is 3. The SMILES string of the molecule is Cc1cccc(CNC(=O)c2cncc(Nc3ccc(C)cc3C)c2)c1. The molecule has 4 nitrogen and oxygen atoms in total. The van der Waals surface area contributed by atoms with Gasteiger partial charge in [-0.3, -0.25) is 9.78 Å². The van der Waals surface area contributed by atoms with Gasteiger partial charge in [0.25, 0.3) is 5.91 Å². The minimum atomic E-state index is -0.136. The molecule has 2 N–H and O–H groups in total. The molecule has 0 unspecified atom stereocenters. The van der Waals surface area contributed by atoms with Crippen molar-refractivity contribution in [3.63, 3.8) is 0 Å². The van der Waals surface area contributed by atoms with Crippen molar-refractivity contribution in [3.05, 3.63) is 88.7 Å². The van der Waals surface area contributed by atoms with Gasteiger partial charge in [0.1, 0.15) is 0 Å². The van der Waals surface area contributed by atoms with E-state index in [4.69, 9.17) is 0 Å². The van der Waals surface area contributed by atoms with Crippen LogP contribution in [0.25, 0.3) is 0 Å². The van der Waals surface area contributed by atoms with Crippen LogP contribution in [0, 0.1) is 20.8 Å². The summed E-state index contributed by atoms with van der Waals surface area (Å²) >= 11 is 0. The predicted octanol–water partition coefficient (Wildman–Crippen LogP) is 4.68. The molecule has 3 aromatic rings. The summed E-state index contributed by atoms with van der Waals surface area (Å²) in [6.45, 7) is 6.66. The van der Waals surface area contributed by atoms with E-state index >= 15 is 0 Å². The molecular weight excluding hydrogens is 322 g/mol. The van der Waals surface area contributed by atoms with Crippen LogP contribution in [-0.2, 0) is 6.54 Å². The Morgan fingerprint density at radius 1 is 0.962 bits per heavy atom. The number of pyridine rings is 1. The van der Waals surface area contributed by atoms with Crippen molar-refractivity contribution in [1.82, 2.24) is 10.3 Å². The summed E-state index contributed by atoms with van der Waals surface area (Å²) in [6.07, 6.45) is 3.30. The lowest BCUT2D eigenvalue weighted by molar-refractivity contribution is 0.0950. The van der Waals surface area contributed by atoms with E-state index in [-0.39, 0.29) is 5.91 Å². The first-order valence-electron chi connectivity index (χ1n) is 8.64. The van der Waals surface area contributed by atoms with E-state index in [1.165, 1.54) is 11.1 Å². The minimum Gasteiger partial charge on any atom is -0.354 e. The Morgan fingerprint density at radius 2 is 1.77 bits per heavy atom. The fourth-order valence-electron chi connectivity index (χ4n) is 2.85. The molecule has 1 aromatic heterocycles. The molecule has 0 aliphatic carbocycles. The second-order valence-corrected chi connectivity index (χ2v) is 6.58. The molecule has 0 aliphatic rings. The average molecular weight is 345 g/mol. The number of rotatable bonds is 5. The van der Waals surface area contributed by atoms with Crippen molar-refractivity contribution in [2.75, 3.05) is 5.32 Å². The minimum absolute atomic E-state index is 0.136. The highest BCUT2D eigenvalue weighted by Gasteiger charge is 2.08. The van der Waals surface area contributed by atoms with E-state index in [0.717, 1.165) is 22.5 Å². The van der Waals surface area contributed by atoms with Crippen molar-refractivity contribution >= 4 is 17.3 Å². The Hall–Kier alpha value is -3.14. The number of anilines is 2. The van der Waals surface area contributed by atoms with Crippen molar-refractivity contribution in [2.24, 2.45) is 0 Å². The molecule has 4 heteroatoms. The Balaban J connectivity index is 1.69. The maximum absolute atomic E-state index is 12.4. The molecule has 3 rings (SSSR count). The summed E-state index contributed by atoms with van der Waals surface area (Å²) in [5.41, 5.74) is 6.96. The Kier molecular flexibility index (Phi) is 5.32. The molecule has 2 aromatic carbocycles. The Labute approximate surface area is 154 Å². The quantitative estimate of drug-likeness (QED) is 0.706. The molecule has 0 bridgehead atoms. The van der Waals surface area contributed by atoms with Gasteiger partial charge < -0.3 is 10.6 Å². The fourth-order valence-corrected chi connectivity index (χ4v) is 2.85. The number of benzene rings is 2. The lowest BCUT2D eigenvalue weighted by Crippen LogP contribution is -2.23. The predicted molar refractivity (Wildman–Crippen MR) is 106 cm³/mol. The Morgan fingerprint density at radius 3 is 2.54 bits per heavy atom. The van der Waals surface area contributed by atoms with Gasteiger partial charge in [0.15, 0.2) is 0 Å². The fraction of sp³-hybridized carbons (Fsp3) is 0.182. The molecule has 132 valence electrons. The third-order valence-electron chi connectivity index (χ3n) is 4.20. The average Bonchev–Trinajstić information content (AvgIpc) is 2.62. The number of carbonyl (C=O) groups excluding carboxylic acids is 1. The van der Waals surface area contributed by atoms with Crippen LogP contribution in [-0.4, -0.2) is 10.9 Å². The summed E-state index contributed by atoms with van der Waals surface area (Å²) < 4.78 is 0. The number of nitrogens with zero attached hydrogens (tertiary/aromatic N) is 1. The summed E-state index contributed by atoms with van der Waals surface area (Å²) in [5, 5.41) is 6.28. The van der Waals surface area contributed by atoms with Crippen LogP contribution in [0.2, 0.25) is 0 Å². The van der Waals surface area contributed by atoms with Gasteiger partial charge in [-0.2, -0.15) is 0 Å². The second-order valence-electron chi connectivity index (χ2n) is 6.58. The molecule has 0 radical (unpaired) electrons. The van der Waals surface area contributed by atoms with Gasteiger partial charge in [-0.25, -0.2) is 0 Å². The molecule has 1 amide bonds. The largest absolute Gasteiger partial charge is 0.354 e. The van der Waals surface area contributed by atoms with Crippen molar-refractivity contribution in [1.29, 1.82) is 0 Å². The maximum atomic E-state index is 12.4. The molecular formula is C22H23N3O. The van der Waals surface area contributed by atoms with Gasteiger partial charge in [0, 0.05) is 18.4 Å². The summed E-state index contributed by atoms with van der Waals surface area (Å²) in [6, 6.07) is 16.1. The zero-order chi connectivity index (χ0) is 18.5. The normalized spacial score (nSPS) is 10.4. The molecule has 0 saturated carbocycles. The van der Waals surface area contributed by atoms with Gasteiger partial charge >= 0.3 is 0 Å². The number of amides is 1. The van der Waals surface area contributed by atoms with Crippen molar-refractivity contribution < 1.29 is 4.79 Å². The van der Waals surface area contributed by atoms with E-state index in [9.17, 15) is 4.79 Å². The van der Waals surface area contributed by atoms with Crippen LogP contribution in [0.5, 0.6) is 0 Å². The van der Waals surface area contributed by atoms with E-state index in [1.54, 1.807) is 12.4 Å². The smallest absolute Gasteiger partial charge is 0.253 e. The molecule has 0 fully saturated rings. The van der Waals surface area contributed by atoms with E-state index in [1.807, 2.05) is 37.3 Å². The molecule has 0 spiro atoms. The number of aryl methyl sites for hydroxylation is 3. The van der Waals surface area contributed by atoms with Crippen LogP contribution in [0.1, 0.15) is 32.6 Å². The standard InChI is InChI=1S/C22H23N3O/c1-15-5-4-6-18(10-15)12-24-22(26)19-11-20(14-23-13-19)25-21-8-7-16(2)9-17(21)3/h4-11,13-14,25H,12H2,1-3H3,(H,24,26). The second kappa shape index (κ2) is 7.83. The topological polar surface area (TPSA) is 54.0 Å². The molecule has 0 atom stereocenters. The highest BCUT2D eigenvalue weighted by atomic mass is 16.1. The first-order valence-corrected chi connectivity index (χ1v) is 8.64. The first kappa shape index (κ1) is 17.7. The number of hydrogen-bond donors (Lipinski definition) is 2. The van der Waals surface area contributed by atoms with Crippen LogP contribution in [0.15, 0.2) is 60.9 Å². The van der Waals surface area contributed by atoms with Crippen molar-refractivity contribution in [3.8, 4) is 0 Å². The highest BCUT2D eigenvalue weighted by molar-refractivity contribution is 5.94. The monoisotopic (exact) mass is 345 g/mol. The van der Waals surface area contributed by atoms with Crippen LogP contribution in [0.3, 0.4) is 0 Å². The zero-order valence-electron chi connectivity index (χ0n) is 15.3. The summed E-state index contributed by atoms with van der Waals surface area (Å²) in [7, 11) is 0. The van der Waals surface area contributed by atoms with Crippen LogP contribution < -0.4 is 10.6 Å². The third-order valence-corrected chi connectivity index (χ3v) is 4.20. The van der Waals surface area contributed by atoms with Gasteiger partial charge in [-0.1, -0.05) is 47.5 Å². The van der Waals surface area contributed by atoms with E-state index < -0.39 is 0 Å². The van der Waals surface area contributed by atoms with Crippen LogP contribution >= 0.6 is 0 Å². The Bertz CT molecular complexity index is 934. The van der Waals surface area contributed by atoms with Gasteiger partial charge in [-0.15, -0.1) is 0 Å². The lowest BCUT2D eigenvalue weighted by atomic mass is 10.1. The van der Waals surface area contributed by atoms with Crippen LogP contribution in [0.4, 0.5) is 11.4 Å². The van der Waals surface area contributed by atoms with Gasteiger partial charge in [-0.05, 0) is 44.0 Å².